The second-order valence-electron chi connectivity index (χ2n) is 3.05. The average molecular weight is 204 g/mol. The van der Waals surface area contributed by atoms with Gasteiger partial charge in [-0.3, -0.25) is 0 Å². The largest absolute Gasteiger partial charge is 0.271 e. The van der Waals surface area contributed by atoms with E-state index in [2.05, 4.69) is 25.3 Å². The first-order chi connectivity index (χ1) is 7.35. The highest BCUT2D eigenvalue weighted by Crippen LogP contribution is 2.05. The molecule has 6 heteroatoms. The highest BCUT2D eigenvalue weighted by Gasteiger charge is 2.07. The van der Waals surface area contributed by atoms with Crippen molar-refractivity contribution < 1.29 is 0 Å². The van der Waals surface area contributed by atoms with Crippen LogP contribution in [0.4, 0.5) is 0 Å². The van der Waals surface area contributed by atoms with Crippen molar-refractivity contribution in [1.29, 1.82) is 0 Å². The third-order valence-electron chi connectivity index (χ3n) is 2.12. The maximum Gasteiger partial charge on any atom is 0.271 e. The Labute approximate surface area is 87.4 Å². The van der Waals surface area contributed by atoms with E-state index >= 15 is 0 Å². The fourth-order valence-electron chi connectivity index (χ4n) is 1.34. The lowest BCUT2D eigenvalue weighted by Crippen LogP contribution is -2.09. The molecular weight excluding hydrogens is 192 g/mol. The smallest absolute Gasteiger partial charge is 0.223 e. The second-order valence-corrected chi connectivity index (χ2v) is 3.05. The fourth-order valence-corrected chi connectivity index (χ4v) is 1.34. The van der Waals surface area contributed by atoms with Gasteiger partial charge in [-0.25, -0.2) is 9.97 Å². The van der Waals surface area contributed by atoms with Crippen molar-refractivity contribution in [3.63, 3.8) is 0 Å². The van der Waals surface area contributed by atoms with Gasteiger partial charge < -0.3 is 0 Å². The molecule has 0 bridgehead atoms. The predicted octanol–water partition coefficient (Wildman–Crippen LogP) is 0.577. The SMILES string of the molecule is CCc1nnc(-n2cncn2)nc1CC. The van der Waals surface area contributed by atoms with Crippen LogP contribution >= 0.6 is 0 Å². The first kappa shape index (κ1) is 9.70. The third-order valence-corrected chi connectivity index (χ3v) is 2.12. The van der Waals surface area contributed by atoms with Crippen LogP contribution in [-0.2, 0) is 12.8 Å². The van der Waals surface area contributed by atoms with Crippen molar-refractivity contribution >= 4 is 0 Å². The zero-order valence-corrected chi connectivity index (χ0v) is 8.75. The van der Waals surface area contributed by atoms with Crippen LogP contribution in [0.1, 0.15) is 25.2 Å². The molecule has 0 fully saturated rings. The van der Waals surface area contributed by atoms with E-state index in [9.17, 15) is 0 Å². The number of rotatable bonds is 3. The molecular formula is C9H12N6. The Balaban J connectivity index is 2.43. The Morgan fingerprint density at radius 3 is 2.53 bits per heavy atom. The molecule has 2 aromatic rings. The van der Waals surface area contributed by atoms with Gasteiger partial charge in [-0.05, 0) is 12.8 Å². The Bertz CT molecular complexity index is 436. The van der Waals surface area contributed by atoms with Gasteiger partial charge in [0, 0.05) is 0 Å². The lowest BCUT2D eigenvalue weighted by molar-refractivity contribution is 0.728. The molecule has 0 aliphatic carbocycles. The molecule has 0 aliphatic heterocycles. The number of aromatic nitrogens is 6. The molecule has 6 nitrogen and oxygen atoms in total. The Morgan fingerprint density at radius 1 is 1.13 bits per heavy atom. The predicted molar refractivity (Wildman–Crippen MR) is 53.5 cm³/mol. The number of hydrogen-bond acceptors (Lipinski definition) is 5. The van der Waals surface area contributed by atoms with Crippen molar-refractivity contribution in [2.75, 3.05) is 0 Å². The molecule has 0 radical (unpaired) electrons. The van der Waals surface area contributed by atoms with Crippen LogP contribution in [0.5, 0.6) is 0 Å². The van der Waals surface area contributed by atoms with E-state index in [1.165, 1.54) is 11.0 Å². The molecule has 0 saturated heterocycles. The van der Waals surface area contributed by atoms with Crippen LogP contribution in [-0.4, -0.2) is 29.9 Å². The summed E-state index contributed by atoms with van der Waals surface area (Å²) in [5.74, 6) is 0.474. The molecule has 2 aromatic heterocycles. The van der Waals surface area contributed by atoms with Gasteiger partial charge in [-0.15, -0.1) is 10.2 Å². The summed E-state index contributed by atoms with van der Waals surface area (Å²) in [5, 5.41) is 12.1. The van der Waals surface area contributed by atoms with Gasteiger partial charge in [0.2, 0.25) is 0 Å². The molecule has 0 N–H and O–H groups in total. The summed E-state index contributed by atoms with van der Waals surface area (Å²) in [6.45, 7) is 4.09. The summed E-state index contributed by atoms with van der Waals surface area (Å²) >= 11 is 0. The number of hydrogen-bond donors (Lipinski definition) is 0. The van der Waals surface area contributed by atoms with E-state index in [4.69, 9.17) is 0 Å². The fraction of sp³-hybridized carbons (Fsp3) is 0.444. The Hall–Kier alpha value is -1.85. The van der Waals surface area contributed by atoms with E-state index in [1.807, 2.05) is 13.8 Å². The summed E-state index contributed by atoms with van der Waals surface area (Å²) in [6.07, 6.45) is 4.70. The van der Waals surface area contributed by atoms with Gasteiger partial charge in [0.1, 0.15) is 12.7 Å². The third kappa shape index (κ3) is 1.83. The van der Waals surface area contributed by atoms with E-state index in [0.29, 0.717) is 5.95 Å². The van der Waals surface area contributed by atoms with Gasteiger partial charge in [-0.2, -0.15) is 9.78 Å². The molecule has 2 heterocycles. The van der Waals surface area contributed by atoms with E-state index in [1.54, 1.807) is 6.33 Å². The van der Waals surface area contributed by atoms with Crippen LogP contribution in [0.3, 0.4) is 0 Å². The molecule has 0 aromatic carbocycles. The standard InChI is InChI=1S/C9H12N6/c1-3-7-8(4-2)13-14-9(12-7)15-6-10-5-11-15/h5-6H,3-4H2,1-2H3. The second kappa shape index (κ2) is 4.12. The Morgan fingerprint density at radius 2 is 1.93 bits per heavy atom. The molecule has 0 spiro atoms. The van der Waals surface area contributed by atoms with Crippen molar-refractivity contribution in [1.82, 2.24) is 29.9 Å². The summed E-state index contributed by atoms with van der Waals surface area (Å²) in [6, 6.07) is 0. The normalized spacial score (nSPS) is 10.5. The van der Waals surface area contributed by atoms with Crippen molar-refractivity contribution in [2.24, 2.45) is 0 Å². The van der Waals surface area contributed by atoms with Crippen LogP contribution in [0.25, 0.3) is 5.95 Å². The minimum atomic E-state index is 0.474. The van der Waals surface area contributed by atoms with Gasteiger partial charge in [-0.1, -0.05) is 13.8 Å². The maximum atomic E-state index is 4.39. The van der Waals surface area contributed by atoms with E-state index in [-0.39, 0.29) is 0 Å². The van der Waals surface area contributed by atoms with Crippen molar-refractivity contribution in [3.8, 4) is 5.95 Å². The van der Waals surface area contributed by atoms with Crippen molar-refractivity contribution in [2.45, 2.75) is 26.7 Å². The summed E-state index contributed by atoms with van der Waals surface area (Å²) in [4.78, 5) is 8.23. The summed E-state index contributed by atoms with van der Waals surface area (Å²) in [5.41, 5.74) is 1.92. The molecule has 0 unspecified atom stereocenters. The highest BCUT2D eigenvalue weighted by molar-refractivity contribution is 5.15. The van der Waals surface area contributed by atoms with Crippen molar-refractivity contribution in [3.05, 3.63) is 24.0 Å². The van der Waals surface area contributed by atoms with E-state index in [0.717, 1.165) is 24.2 Å². The van der Waals surface area contributed by atoms with E-state index < -0.39 is 0 Å². The monoisotopic (exact) mass is 204 g/mol. The molecule has 78 valence electrons. The van der Waals surface area contributed by atoms with Crippen LogP contribution in [0.2, 0.25) is 0 Å². The number of aryl methyl sites for hydroxylation is 2. The van der Waals surface area contributed by atoms with Crippen LogP contribution in [0, 0.1) is 0 Å². The Kier molecular flexibility index (Phi) is 2.66. The highest BCUT2D eigenvalue weighted by atomic mass is 15.4. The zero-order valence-electron chi connectivity index (χ0n) is 8.75. The topological polar surface area (TPSA) is 69.4 Å². The lowest BCUT2D eigenvalue weighted by atomic mass is 10.2. The first-order valence-electron chi connectivity index (χ1n) is 4.92. The molecule has 0 aliphatic rings. The van der Waals surface area contributed by atoms with Gasteiger partial charge in [0.25, 0.3) is 5.95 Å². The molecule has 0 atom stereocenters. The van der Waals surface area contributed by atoms with Gasteiger partial charge in [0.15, 0.2) is 0 Å². The zero-order chi connectivity index (χ0) is 10.7. The maximum absolute atomic E-state index is 4.39. The number of nitrogens with zero attached hydrogens (tertiary/aromatic N) is 6. The molecule has 2 rings (SSSR count). The first-order valence-corrected chi connectivity index (χ1v) is 4.92. The minimum Gasteiger partial charge on any atom is -0.223 e. The molecule has 0 saturated carbocycles. The lowest BCUT2D eigenvalue weighted by Gasteiger charge is -2.04. The molecule has 15 heavy (non-hydrogen) atoms. The quantitative estimate of drug-likeness (QED) is 0.731. The summed E-state index contributed by atoms with van der Waals surface area (Å²) < 4.78 is 1.51. The van der Waals surface area contributed by atoms with Gasteiger partial charge in [0.05, 0.1) is 11.4 Å². The van der Waals surface area contributed by atoms with Crippen LogP contribution < -0.4 is 0 Å². The average Bonchev–Trinajstić information content (AvgIpc) is 2.81. The van der Waals surface area contributed by atoms with Crippen LogP contribution in [0.15, 0.2) is 12.7 Å². The molecule has 0 amide bonds. The summed E-state index contributed by atoms with van der Waals surface area (Å²) in [7, 11) is 0. The van der Waals surface area contributed by atoms with Gasteiger partial charge >= 0.3 is 0 Å². The minimum absolute atomic E-state index is 0.474.